The van der Waals surface area contributed by atoms with Crippen molar-refractivity contribution in [3.63, 3.8) is 0 Å². The van der Waals surface area contributed by atoms with Gasteiger partial charge >= 0.3 is 0 Å². The third kappa shape index (κ3) is 8.19. The van der Waals surface area contributed by atoms with E-state index in [9.17, 15) is 5.11 Å². The van der Waals surface area contributed by atoms with Gasteiger partial charge in [-0.2, -0.15) is 0 Å². The fraction of sp³-hybridized carbons (Fsp3) is 0.800. The minimum absolute atomic E-state index is 0.115. The molecule has 3 nitrogen and oxygen atoms in total. The molecule has 0 amide bonds. The second kappa shape index (κ2) is 13.0. The van der Waals surface area contributed by atoms with Gasteiger partial charge in [-0.1, -0.05) is 72.6 Å². The van der Waals surface area contributed by atoms with Gasteiger partial charge in [0.25, 0.3) is 0 Å². The Morgan fingerprint density at radius 3 is 2.06 bits per heavy atom. The molecule has 0 fully saturated rings. The molecule has 0 aliphatic carbocycles. The van der Waals surface area contributed by atoms with Gasteiger partial charge in [0, 0.05) is 23.8 Å². The van der Waals surface area contributed by atoms with Gasteiger partial charge in [0.1, 0.15) is 17.1 Å². The molecule has 0 saturated carbocycles. The van der Waals surface area contributed by atoms with Crippen LogP contribution in [0.1, 0.15) is 121 Å². The zero-order valence-corrected chi connectivity index (χ0v) is 23.0. The lowest BCUT2D eigenvalue weighted by atomic mass is 9.83. The van der Waals surface area contributed by atoms with Crippen molar-refractivity contribution in [3.05, 3.63) is 22.3 Å². The van der Waals surface area contributed by atoms with Crippen molar-refractivity contribution < 1.29 is 14.6 Å². The number of phenols is 1. The summed E-state index contributed by atoms with van der Waals surface area (Å²) in [7, 11) is 1.67. The Labute approximate surface area is 204 Å². The van der Waals surface area contributed by atoms with Crippen molar-refractivity contribution in [1.82, 2.24) is 0 Å². The Balaban J connectivity index is 1.80. The van der Waals surface area contributed by atoms with E-state index >= 15 is 0 Å². The van der Waals surface area contributed by atoms with Crippen molar-refractivity contribution in [1.29, 1.82) is 0 Å². The summed E-state index contributed by atoms with van der Waals surface area (Å²) in [5.74, 6) is 3.88. The average molecular weight is 461 g/mol. The average Bonchev–Trinajstić information content (AvgIpc) is 2.75. The molecular formula is C30H52O3. The fourth-order valence-electron chi connectivity index (χ4n) is 5.51. The number of methoxy groups -OCH3 is 1. The highest BCUT2D eigenvalue weighted by molar-refractivity contribution is 5.58. The predicted molar refractivity (Wildman–Crippen MR) is 140 cm³/mol. The van der Waals surface area contributed by atoms with Gasteiger partial charge in [0.05, 0.1) is 6.61 Å². The summed E-state index contributed by atoms with van der Waals surface area (Å²) in [4.78, 5) is 0. The van der Waals surface area contributed by atoms with Gasteiger partial charge in [-0.05, 0) is 69.8 Å². The van der Waals surface area contributed by atoms with Gasteiger partial charge in [-0.25, -0.2) is 0 Å². The van der Waals surface area contributed by atoms with Crippen molar-refractivity contribution in [2.45, 2.75) is 131 Å². The van der Waals surface area contributed by atoms with Crippen LogP contribution in [0.2, 0.25) is 0 Å². The van der Waals surface area contributed by atoms with E-state index in [4.69, 9.17) is 9.47 Å². The molecule has 0 aromatic heterocycles. The van der Waals surface area contributed by atoms with Crippen LogP contribution in [-0.4, -0.2) is 17.8 Å². The minimum Gasteiger partial charge on any atom is -0.507 e. The molecule has 3 unspecified atom stereocenters. The molecule has 0 bridgehead atoms. The summed E-state index contributed by atoms with van der Waals surface area (Å²) in [6, 6.07) is 0. The van der Waals surface area contributed by atoms with Gasteiger partial charge in [-0.15, -0.1) is 0 Å². The second-order valence-electron chi connectivity index (χ2n) is 11.7. The quantitative estimate of drug-likeness (QED) is 0.302. The largest absolute Gasteiger partial charge is 0.507 e. The monoisotopic (exact) mass is 460 g/mol. The molecule has 3 heteroatoms. The normalized spacial score (nSPS) is 19.9. The summed E-state index contributed by atoms with van der Waals surface area (Å²) in [6.45, 7) is 16.3. The van der Waals surface area contributed by atoms with Crippen molar-refractivity contribution in [3.8, 4) is 11.5 Å². The zero-order chi connectivity index (χ0) is 24.6. The first-order valence-electron chi connectivity index (χ1n) is 13.6. The molecule has 0 saturated heterocycles. The first-order chi connectivity index (χ1) is 15.6. The summed E-state index contributed by atoms with van der Waals surface area (Å²) in [5, 5.41) is 10.6. The molecule has 1 aromatic rings. The highest BCUT2D eigenvalue weighted by atomic mass is 16.5. The van der Waals surface area contributed by atoms with Crippen LogP contribution in [0.4, 0.5) is 0 Å². The third-order valence-corrected chi connectivity index (χ3v) is 7.98. The van der Waals surface area contributed by atoms with Gasteiger partial charge < -0.3 is 14.6 Å². The van der Waals surface area contributed by atoms with Gasteiger partial charge in [0.2, 0.25) is 0 Å². The van der Waals surface area contributed by atoms with Crippen molar-refractivity contribution >= 4 is 0 Å². The van der Waals surface area contributed by atoms with Crippen LogP contribution in [-0.2, 0) is 17.8 Å². The minimum atomic E-state index is -0.115. The topological polar surface area (TPSA) is 38.7 Å². The number of benzene rings is 1. The van der Waals surface area contributed by atoms with E-state index < -0.39 is 0 Å². The molecule has 0 radical (unpaired) electrons. The maximum absolute atomic E-state index is 10.6. The molecule has 1 heterocycles. The number of phenolic OH excluding ortho intramolecular Hbond substituents is 1. The molecule has 0 spiro atoms. The Hall–Kier alpha value is -1.22. The Kier molecular flexibility index (Phi) is 11.1. The summed E-state index contributed by atoms with van der Waals surface area (Å²) in [6.07, 6.45) is 13.9. The highest BCUT2D eigenvalue weighted by Gasteiger charge is 2.34. The van der Waals surface area contributed by atoms with Gasteiger partial charge in [0.15, 0.2) is 0 Å². The van der Waals surface area contributed by atoms with Gasteiger partial charge in [-0.3, -0.25) is 0 Å². The first kappa shape index (κ1) is 28.0. The third-order valence-electron chi connectivity index (χ3n) is 7.98. The summed E-state index contributed by atoms with van der Waals surface area (Å²) < 4.78 is 12.0. The maximum atomic E-state index is 10.6. The lowest BCUT2D eigenvalue weighted by molar-refractivity contribution is 0.0508. The maximum Gasteiger partial charge on any atom is 0.127 e. The van der Waals surface area contributed by atoms with E-state index in [2.05, 4.69) is 41.5 Å². The molecule has 1 N–H and O–H groups in total. The molecular weight excluding hydrogens is 408 g/mol. The molecule has 190 valence electrons. The number of hydrogen-bond acceptors (Lipinski definition) is 3. The SMILES string of the molecule is COCc1c(C)c2c(c(C)c1O)CCC(C)(CCCC(C)CCCC(C)CCCC(C)C)O2. The number of rotatable bonds is 14. The second-order valence-corrected chi connectivity index (χ2v) is 11.7. The van der Waals surface area contributed by atoms with Crippen molar-refractivity contribution in [2.24, 2.45) is 17.8 Å². The Morgan fingerprint density at radius 1 is 0.909 bits per heavy atom. The molecule has 33 heavy (non-hydrogen) atoms. The van der Waals surface area contributed by atoms with E-state index in [1.54, 1.807) is 7.11 Å². The van der Waals surface area contributed by atoms with Crippen molar-refractivity contribution in [2.75, 3.05) is 7.11 Å². The van der Waals surface area contributed by atoms with Crippen LogP contribution in [0.3, 0.4) is 0 Å². The van der Waals surface area contributed by atoms with E-state index in [1.807, 2.05) is 6.92 Å². The number of hydrogen-bond donors (Lipinski definition) is 1. The van der Waals surface area contributed by atoms with Crippen LogP contribution in [0.15, 0.2) is 0 Å². The molecule has 3 atom stereocenters. The Bertz CT molecular complexity index is 739. The smallest absolute Gasteiger partial charge is 0.127 e. The Morgan fingerprint density at radius 2 is 1.48 bits per heavy atom. The summed E-state index contributed by atoms with van der Waals surface area (Å²) >= 11 is 0. The molecule has 2 rings (SSSR count). The van der Waals surface area contributed by atoms with E-state index in [0.29, 0.717) is 12.4 Å². The number of ether oxygens (including phenoxy) is 2. The lowest BCUT2D eigenvalue weighted by Gasteiger charge is -2.38. The zero-order valence-electron chi connectivity index (χ0n) is 23.0. The molecule has 1 aliphatic rings. The van der Waals surface area contributed by atoms with Crippen LogP contribution in [0.5, 0.6) is 11.5 Å². The number of aromatic hydroxyl groups is 1. The fourth-order valence-corrected chi connectivity index (χ4v) is 5.51. The van der Waals surface area contributed by atoms with Crippen LogP contribution >= 0.6 is 0 Å². The predicted octanol–water partition coefficient (Wildman–Crippen LogP) is 8.68. The highest BCUT2D eigenvalue weighted by Crippen LogP contribution is 2.45. The van der Waals surface area contributed by atoms with Crippen LogP contribution in [0.25, 0.3) is 0 Å². The lowest BCUT2D eigenvalue weighted by Crippen LogP contribution is -2.37. The molecule has 1 aliphatic heterocycles. The standard InChI is InChI=1S/C30H52O3/c1-21(2)12-9-13-22(3)14-10-15-23(4)16-11-18-30(7)19-17-26-24(5)28(31)27(20-32-8)25(6)29(26)33-30/h21-23,31H,9-20H2,1-8H3. The van der Waals surface area contributed by atoms with E-state index in [1.165, 1.54) is 56.9 Å². The summed E-state index contributed by atoms with van der Waals surface area (Å²) in [5.41, 5.74) is 3.92. The van der Waals surface area contributed by atoms with Crippen LogP contribution < -0.4 is 4.74 Å². The number of fused-ring (bicyclic) bond motifs is 1. The van der Waals surface area contributed by atoms with E-state index in [-0.39, 0.29) is 5.60 Å². The van der Waals surface area contributed by atoms with E-state index in [0.717, 1.165) is 59.5 Å². The first-order valence-corrected chi connectivity index (χ1v) is 13.6. The molecule has 1 aromatic carbocycles. The van der Waals surface area contributed by atoms with Crippen LogP contribution in [0, 0.1) is 31.6 Å².